The molecule has 0 radical (unpaired) electrons. The van der Waals surface area contributed by atoms with Gasteiger partial charge in [-0.05, 0) is 56.7 Å². The second-order valence-corrected chi connectivity index (χ2v) is 7.58. The summed E-state index contributed by atoms with van der Waals surface area (Å²) in [6, 6.07) is 5.51. The van der Waals surface area contributed by atoms with Gasteiger partial charge in [0.15, 0.2) is 0 Å². The molecule has 0 spiro atoms. The molecule has 108 valence electrons. The molecule has 4 fully saturated rings. The van der Waals surface area contributed by atoms with Crippen molar-refractivity contribution in [1.29, 1.82) is 0 Å². The van der Waals surface area contributed by atoms with Crippen molar-refractivity contribution in [3.63, 3.8) is 0 Å². The number of piperidine rings is 2. The molecule has 1 aromatic rings. The van der Waals surface area contributed by atoms with Gasteiger partial charge < -0.3 is 0 Å². The Morgan fingerprint density at radius 1 is 1.15 bits per heavy atom. The predicted octanol–water partition coefficient (Wildman–Crippen LogP) is 2.85. The number of hydrogen-bond acceptors (Lipinski definition) is 2. The fraction of sp³-hybridized carbons (Fsp3) is 0.667. The van der Waals surface area contributed by atoms with Crippen molar-refractivity contribution in [2.24, 2.45) is 5.92 Å². The van der Waals surface area contributed by atoms with Crippen molar-refractivity contribution in [2.75, 3.05) is 26.3 Å². The molecule has 4 heterocycles. The monoisotopic (exact) mass is 270 g/mol. The molecule has 0 saturated carbocycles. The summed E-state index contributed by atoms with van der Waals surface area (Å²) >= 11 is 0. The van der Waals surface area contributed by atoms with Crippen LogP contribution in [0.1, 0.15) is 35.6 Å². The highest BCUT2D eigenvalue weighted by Gasteiger charge is 2.55. The molecule has 0 N–H and O–H groups in total. The van der Waals surface area contributed by atoms with Crippen LogP contribution < -0.4 is 0 Å². The van der Waals surface area contributed by atoms with Gasteiger partial charge in [0, 0.05) is 31.1 Å². The van der Waals surface area contributed by atoms with E-state index in [4.69, 9.17) is 0 Å². The summed E-state index contributed by atoms with van der Waals surface area (Å²) < 4.78 is 0. The molecular formula is C18H26N2. The molecule has 5 rings (SSSR count). The summed E-state index contributed by atoms with van der Waals surface area (Å²) in [4.78, 5) is 5.41. The smallest absolute Gasteiger partial charge is 0.0509 e. The van der Waals surface area contributed by atoms with Crippen LogP contribution in [-0.4, -0.2) is 42.1 Å². The van der Waals surface area contributed by atoms with Crippen LogP contribution in [0.2, 0.25) is 0 Å². The molecule has 2 heteroatoms. The molecule has 5 atom stereocenters. The fourth-order valence-corrected chi connectivity index (χ4v) is 5.26. The Morgan fingerprint density at radius 3 is 2.70 bits per heavy atom. The maximum absolute atomic E-state index is 2.72. The normalized spacial score (nSPS) is 42.2. The summed E-state index contributed by atoms with van der Waals surface area (Å²) in [5, 5.41) is 0. The third-order valence-electron chi connectivity index (χ3n) is 6.24. The molecular weight excluding hydrogens is 244 g/mol. The zero-order chi connectivity index (χ0) is 14.1. The minimum Gasteiger partial charge on any atom is -0.289 e. The lowest BCUT2D eigenvalue weighted by atomic mass is 9.61. The maximum Gasteiger partial charge on any atom is 0.0509 e. The predicted molar refractivity (Wildman–Crippen MR) is 83.0 cm³/mol. The van der Waals surface area contributed by atoms with Crippen molar-refractivity contribution in [1.82, 2.24) is 9.80 Å². The SMILES string of the molecule is Cc1cc(C)c(C)c(C23CC4CN(CN(C4)C2C)C3)c1. The number of hydrogen-bond donors (Lipinski definition) is 0. The number of benzene rings is 1. The van der Waals surface area contributed by atoms with Gasteiger partial charge in [-0.2, -0.15) is 0 Å². The largest absolute Gasteiger partial charge is 0.289 e. The lowest BCUT2D eigenvalue weighted by Crippen LogP contribution is -2.72. The first-order chi connectivity index (χ1) is 9.49. The third kappa shape index (κ3) is 1.58. The van der Waals surface area contributed by atoms with Crippen LogP contribution >= 0.6 is 0 Å². The number of aryl methyl sites for hydroxylation is 2. The first-order valence-electron chi connectivity index (χ1n) is 8.04. The van der Waals surface area contributed by atoms with Gasteiger partial charge in [0.1, 0.15) is 0 Å². The first kappa shape index (κ1) is 12.8. The van der Waals surface area contributed by atoms with Crippen LogP contribution in [0.25, 0.3) is 0 Å². The van der Waals surface area contributed by atoms with Crippen molar-refractivity contribution < 1.29 is 0 Å². The molecule has 2 nitrogen and oxygen atoms in total. The van der Waals surface area contributed by atoms with Crippen LogP contribution in [0.15, 0.2) is 12.1 Å². The molecule has 4 bridgehead atoms. The van der Waals surface area contributed by atoms with Gasteiger partial charge in [-0.3, -0.25) is 9.80 Å². The summed E-state index contributed by atoms with van der Waals surface area (Å²) in [5.41, 5.74) is 6.44. The van der Waals surface area contributed by atoms with E-state index in [1.807, 2.05) is 0 Å². The van der Waals surface area contributed by atoms with E-state index >= 15 is 0 Å². The van der Waals surface area contributed by atoms with Gasteiger partial charge in [0.25, 0.3) is 0 Å². The second-order valence-electron chi connectivity index (χ2n) is 7.58. The topological polar surface area (TPSA) is 6.48 Å². The van der Waals surface area contributed by atoms with Crippen molar-refractivity contribution in [2.45, 2.75) is 45.6 Å². The summed E-state index contributed by atoms with van der Waals surface area (Å²) in [5.74, 6) is 0.883. The Labute approximate surface area is 122 Å². The average molecular weight is 270 g/mol. The molecule has 4 aliphatic heterocycles. The van der Waals surface area contributed by atoms with E-state index in [1.54, 1.807) is 5.56 Å². The summed E-state index contributed by atoms with van der Waals surface area (Å²) in [6.07, 6.45) is 1.39. The van der Waals surface area contributed by atoms with E-state index in [-0.39, 0.29) is 0 Å². The van der Waals surface area contributed by atoms with Crippen LogP contribution in [0.4, 0.5) is 0 Å². The second kappa shape index (κ2) is 4.08. The van der Waals surface area contributed by atoms with Gasteiger partial charge in [-0.15, -0.1) is 0 Å². The van der Waals surface area contributed by atoms with E-state index in [9.17, 15) is 0 Å². The zero-order valence-electron chi connectivity index (χ0n) is 13.2. The molecule has 5 unspecified atom stereocenters. The Balaban J connectivity index is 1.88. The lowest BCUT2D eigenvalue weighted by Gasteiger charge is -2.63. The van der Waals surface area contributed by atoms with E-state index < -0.39 is 0 Å². The van der Waals surface area contributed by atoms with Crippen molar-refractivity contribution in [3.8, 4) is 0 Å². The van der Waals surface area contributed by atoms with Crippen LogP contribution in [-0.2, 0) is 5.41 Å². The molecule has 20 heavy (non-hydrogen) atoms. The van der Waals surface area contributed by atoms with Crippen molar-refractivity contribution in [3.05, 3.63) is 34.4 Å². The maximum atomic E-state index is 2.72. The molecule has 0 aliphatic carbocycles. The third-order valence-corrected chi connectivity index (χ3v) is 6.24. The van der Waals surface area contributed by atoms with Crippen LogP contribution in [0.5, 0.6) is 0 Å². The Hall–Kier alpha value is -0.860. The average Bonchev–Trinajstić information content (AvgIpc) is 2.39. The van der Waals surface area contributed by atoms with E-state index in [0.29, 0.717) is 11.5 Å². The highest BCUT2D eigenvalue weighted by molar-refractivity contribution is 5.44. The van der Waals surface area contributed by atoms with Crippen LogP contribution in [0, 0.1) is 26.7 Å². The highest BCUT2D eigenvalue weighted by atomic mass is 15.4. The van der Waals surface area contributed by atoms with Crippen molar-refractivity contribution >= 4 is 0 Å². The van der Waals surface area contributed by atoms with Gasteiger partial charge in [0.05, 0.1) is 6.67 Å². The molecule has 4 saturated heterocycles. The quantitative estimate of drug-likeness (QED) is 0.774. The van der Waals surface area contributed by atoms with E-state index in [1.165, 1.54) is 49.4 Å². The molecule has 4 aliphatic rings. The van der Waals surface area contributed by atoms with Gasteiger partial charge in [0.2, 0.25) is 0 Å². The Morgan fingerprint density at radius 2 is 1.95 bits per heavy atom. The van der Waals surface area contributed by atoms with Gasteiger partial charge >= 0.3 is 0 Å². The fourth-order valence-electron chi connectivity index (χ4n) is 5.26. The van der Waals surface area contributed by atoms with Gasteiger partial charge in [-0.1, -0.05) is 17.7 Å². The zero-order valence-corrected chi connectivity index (χ0v) is 13.2. The Bertz CT molecular complexity index is 549. The Kier molecular flexibility index (Phi) is 2.62. The lowest BCUT2D eigenvalue weighted by molar-refractivity contribution is -0.121. The number of nitrogens with zero attached hydrogens (tertiary/aromatic N) is 2. The molecule has 0 amide bonds. The van der Waals surface area contributed by atoms with Gasteiger partial charge in [-0.25, -0.2) is 0 Å². The molecule has 1 aromatic carbocycles. The summed E-state index contributed by atoms with van der Waals surface area (Å²) in [7, 11) is 0. The summed E-state index contributed by atoms with van der Waals surface area (Å²) in [6.45, 7) is 14.4. The minimum atomic E-state index is 0.375. The van der Waals surface area contributed by atoms with Crippen LogP contribution in [0.3, 0.4) is 0 Å². The first-order valence-corrected chi connectivity index (χ1v) is 8.04. The molecule has 0 aromatic heterocycles. The van der Waals surface area contributed by atoms with E-state index in [2.05, 4.69) is 49.6 Å². The highest BCUT2D eigenvalue weighted by Crippen LogP contribution is 2.49. The van der Waals surface area contributed by atoms with E-state index in [0.717, 1.165) is 5.92 Å². The number of rotatable bonds is 1. The minimum absolute atomic E-state index is 0.375. The standard InChI is InChI=1S/C18H26N2/c1-12-5-13(2)14(3)17(6-12)18-7-16-8-19(10-18)11-20(9-16)15(18)4/h5-6,15-16H,7-11H2,1-4H3.